The van der Waals surface area contributed by atoms with Crippen LogP contribution in [-0.2, 0) is 0 Å². The summed E-state index contributed by atoms with van der Waals surface area (Å²) < 4.78 is -2.90. The molecule has 0 spiro atoms. The molecular weight excluding hydrogens is 357 g/mol. The fourth-order valence-electron chi connectivity index (χ4n) is 1.62. The van der Waals surface area contributed by atoms with Gasteiger partial charge in [-0.2, -0.15) is 0 Å². The average Bonchev–Trinajstić information content (AvgIpc) is 2.33. The standard InChI is InChI=1S/C12H6Cl6/c13-9-10(14)12(17,18)8(6-11(9,15)16)7-4-2-1-3-5-7/h1-6H. The molecule has 0 saturated heterocycles. The summed E-state index contributed by atoms with van der Waals surface area (Å²) in [5, 5.41) is 0.0241. The minimum Gasteiger partial charge on any atom is -0.0905 e. The molecule has 1 aliphatic rings. The minimum absolute atomic E-state index is 0.0113. The van der Waals surface area contributed by atoms with Gasteiger partial charge in [-0.05, 0) is 17.2 Å². The highest BCUT2D eigenvalue weighted by Crippen LogP contribution is 2.55. The Kier molecular flexibility index (Phi) is 4.19. The summed E-state index contributed by atoms with van der Waals surface area (Å²) in [5.41, 5.74) is 1.28. The first kappa shape index (κ1) is 14.8. The van der Waals surface area contributed by atoms with Crippen LogP contribution in [0.15, 0.2) is 46.5 Å². The van der Waals surface area contributed by atoms with E-state index in [1.807, 2.05) is 30.3 Å². The van der Waals surface area contributed by atoms with Crippen LogP contribution in [0, 0.1) is 0 Å². The monoisotopic (exact) mass is 360 g/mol. The highest BCUT2D eigenvalue weighted by molar-refractivity contribution is 6.66. The van der Waals surface area contributed by atoms with Gasteiger partial charge in [-0.25, -0.2) is 0 Å². The van der Waals surface area contributed by atoms with E-state index in [1.165, 1.54) is 6.08 Å². The van der Waals surface area contributed by atoms with E-state index < -0.39 is 8.67 Å². The van der Waals surface area contributed by atoms with Crippen molar-refractivity contribution >= 4 is 75.2 Å². The van der Waals surface area contributed by atoms with Crippen molar-refractivity contribution in [1.29, 1.82) is 0 Å². The van der Waals surface area contributed by atoms with Crippen LogP contribution < -0.4 is 0 Å². The van der Waals surface area contributed by atoms with Crippen LogP contribution in [0.4, 0.5) is 0 Å². The summed E-state index contributed by atoms with van der Waals surface area (Å²) in [7, 11) is 0. The summed E-state index contributed by atoms with van der Waals surface area (Å²) in [6.45, 7) is 0. The number of allylic oxidation sites excluding steroid dienone is 4. The van der Waals surface area contributed by atoms with Crippen LogP contribution in [0.1, 0.15) is 5.56 Å². The van der Waals surface area contributed by atoms with Gasteiger partial charge in [-0.15, -0.1) is 0 Å². The SMILES string of the molecule is ClC1=C(Cl)C(Cl)(Cl)C(c2ccccc2)=CC1(Cl)Cl. The first-order valence-electron chi connectivity index (χ1n) is 4.87. The largest absolute Gasteiger partial charge is 0.180 e. The van der Waals surface area contributed by atoms with Crippen LogP contribution in [0.3, 0.4) is 0 Å². The lowest BCUT2D eigenvalue weighted by atomic mass is 9.96. The molecular formula is C12H6Cl6. The van der Waals surface area contributed by atoms with Crippen LogP contribution in [0.25, 0.3) is 5.57 Å². The molecule has 0 heterocycles. The minimum atomic E-state index is -1.47. The van der Waals surface area contributed by atoms with Crippen molar-refractivity contribution in [3.8, 4) is 0 Å². The van der Waals surface area contributed by atoms with Gasteiger partial charge in [0, 0.05) is 0 Å². The molecule has 18 heavy (non-hydrogen) atoms. The van der Waals surface area contributed by atoms with Crippen LogP contribution in [0.5, 0.6) is 0 Å². The van der Waals surface area contributed by atoms with E-state index in [0.717, 1.165) is 5.56 Å². The Bertz CT molecular complexity index is 527. The molecule has 0 fully saturated rings. The second-order valence-electron chi connectivity index (χ2n) is 3.75. The number of hydrogen-bond donors (Lipinski definition) is 0. The van der Waals surface area contributed by atoms with Crippen LogP contribution >= 0.6 is 69.6 Å². The van der Waals surface area contributed by atoms with Crippen molar-refractivity contribution in [2.75, 3.05) is 0 Å². The van der Waals surface area contributed by atoms with Gasteiger partial charge in [0.1, 0.15) is 0 Å². The lowest BCUT2D eigenvalue weighted by Crippen LogP contribution is -2.28. The molecule has 0 aromatic heterocycles. The molecule has 0 nitrogen and oxygen atoms in total. The smallest absolute Gasteiger partial charge is 0.0905 e. The molecule has 0 aliphatic heterocycles. The van der Waals surface area contributed by atoms with E-state index in [4.69, 9.17) is 69.6 Å². The first-order valence-corrected chi connectivity index (χ1v) is 7.14. The molecule has 0 atom stereocenters. The molecule has 0 N–H and O–H groups in total. The van der Waals surface area contributed by atoms with E-state index in [0.29, 0.717) is 5.57 Å². The van der Waals surface area contributed by atoms with Gasteiger partial charge in [0.2, 0.25) is 0 Å². The Morgan fingerprint density at radius 2 is 1.33 bits per heavy atom. The second kappa shape index (κ2) is 5.09. The Hall–Kier alpha value is 0.440. The predicted octanol–water partition coefficient (Wildman–Crippen LogP) is 6.12. The zero-order chi connectivity index (χ0) is 13.6. The number of benzene rings is 1. The lowest BCUT2D eigenvalue weighted by Gasteiger charge is -2.32. The number of alkyl halides is 4. The number of halogens is 6. The summed E-state index contributed by atoms with van der Waals surface area (Å²) in [6.07, 6.45) is 1.50. The Balaban J connectivity index is 2.62. The van der Waals surface area contributed by atoms with Gasteiger partial charge in [0.25, 0.3) is 0 Å². The molecule has 0 amide bonds. The average molecular weight is 363 g/mol. The molecule has 0 saturated carbocycles. The van der Waals surface area contributed by atoms with Crippen molar-refractivity contribution in [2.45, 2.75) is 8.67 Å². The maximum absolute atomic E-state index is 6.25. The summed E-state index contributed by atoms with van der Waals surface area (Å²) in [6, 6.07) is 9.23. The van der Waals surface area contributed by atoms with Crippen molar-refractivity contribution < 1.29 is 0 Å². The zero-order valence-electron chi connectivity index (χ0n) is 8.73. The maximum Gasteiger partial charge on any atom is 0.180 e. The summed E-state index contributed by atoms with van der Waals surface area (Å²) in [4.78, 5) is 0. The number of rotatable bonds is 1. The lowest BCUT2D eigenvalue weighted by molar-refractivity contribution is 1.09. The zero-order valence-corrected chi connectivity index (χ0v) is 13.3. The Morgan fingerprint density at radius 3 is 1.89 bits per heavy atom. The molecule has 1 aromatic carbocycles. The second-order valence-corrected chi connectivity index (χ2v) is 7.22. The van der Waals surface area contributed by atoms with Crippen molar-refractivity contribution in [3.05, 3.63) is 52.0 Å². The molecule has 0 radical (unpaired) electrons. The predicted molar refractivity (Wildman–Crippen MR) is 82.0 cm³/mol. The van der Waals surface area contributed by atoms with Gasteiger partial charge in [-0.1, -0.05) is 99.9 Å². The van der Waals surface area contributed by atoms with Gasteiger partial charge in [0.15, 0.2) is 8.67 Å². The van der Waals surface area contributed by atoms with E-state index in [-0.39, 0.29) is 10.1 Å². The normalized spacial score (nSPS) is 21.8. The molecule has 1 aliphatic carbocycles. The third-order valence-corrected chi connectivity index (χ3v) is 5.33. The van der Waals surface area contributed by atoms with Gasteiger partial charge in [0.05, 0.1) is 10.1 Å². The molecule has 6 heteroatoms. The van der Waals surface area contributed by atoms with E-state index in [1.54, 1.807) is 0 Å². The summed E-state index contributed by atoms with van der Waals surface area (Å²) in [5.74, 6) is 0. The highest BCUT2D eigenvalue weighted by Gasteiger charge is 2.46. The molecule has 0 unspecified atom stereocenters. The third kappa shape index (κ3) is 2.52. The van der Waals surface area contributed by atoms with Crippen molar-refractivity contribution in [1.82, 2.24) is 0 Å². The topological polar surface area (TPSA) is 0 Å². The van der Waals surface area contributed by atoms with Crippen molar-refractivity contribution in [2.24, 2.45) is 0 Å². The molecule has 0 bridgehead atoms. The van der Waals surface area contributed by atoms with E-state index in [2.05, 4.69) is 0 Å². The highest BCUT2D eigenvalue weighted by atomic mass is 35.5. The quantitative estimate of drug-likeness (QED) is 0.528. The number of hydrogen-bond acceptors (Lipinski definition) is 0. The molecule has 2 rings (SSSR count). The van der Waals surface area contributed by atoms with Gasteiger partial charge >= 0.3 is 0 Å². The fraction of sp³-hybridized carbons (Fsp3) is 0.167. The van der Waals surface area contributed by atoms with Gasteiger partial charge < -0.3 is 0 Å². The maximum atomic E-state index is 6.25. The van der Waals surface area contributed by atoms with Crippen molar-refractivity contribution in [3.63, 3.8) is 0 Å². The molecule has 96 valence electrons. The van der Waals surface area contributed by atoms with Crippen LogP contribution in [0.2, 0.25) is 0 Å². The third-order valence-electron chi connectivity index (χ3n) is 2.51. The van der Waals surface area contributed by atoms with E-state index in [9.17, 15) is 0 Å². The molecule has 1 aromatic rings. The fourth-order valence-corrected chi connectivity index (χ4v) is 3.18. The van der Waals surface area contributed by atoms with Gasteiger partial charge in [-0.3, -0.25) is 0 Å². The van der Waals surface area contributed by atoms with Crippen LogP contribution in [-0.4, -0.2) is 8.67 Å². The first-order chi connectivity index (χ1) is 8.27. The Labute approximate surface area is 135 Å². The Morgan fingerprint density at radius 1 is 0.778 bits per heavy atom. The summed E-state index contributed by atoms with van der Waals surface area (Å²) >= 11 is 36.7. The van der Waals surface area contributed by atoms with E-state index >= 15 is 0 Å².